The molecular weight excluding hydrogens is 454 g/mol. The van der Waals surface area contributed by atoms with Crippen molar-refractivity contribution in [1.82, 2.24) is 4.90 Å². The van der Waals surface area contributed by atoms with Gasteiger partial charge in [-0.2, -0.15) is 0 Å². The molecule has 0 bridgehead atoms. The molecule has 1 saturated heterocycles. The van der Waals surface area contributed by atoms with Crippen LogP contribution in [0, 0.1) is 0 Å². The van der Waals surface area contributed by atoms with Gasteiger partial charge in [-0.3, -0.25) is 4.90 Å². The summed E-state index contributed by atoms with van der Waals surface area (Å²) in [6, 6.07) is 25.9. The quantitative estimate of drug-likeness (QED) is 0.486. The molecule has 35 heavy (non-hydrogen) atoms. The normalized spacial score (nSPS) is 15.7. The van der Waals surface area contributed by atoms with Crippen molar-refractivity contribution in [2.75, 3.05) is 42.7 Å². The molecule has 1 aliphatic rings. The van der Waals surface area contributed by atoms with E-state index in [1.807, 2.05) is 48.5 Å². The molecule has 0 unspecified atom stereocenters. The summed E-state index contributed by atoms with van der Waals surface area (Å²) < 4.78 is 25.5. The van der Waals surface area contributed by atoms with Gasteiger partial charge in [0.1, 0.15) is 0 Å². The zero-order chi connectivity index (χ0) is 25.1. The summed E-state index contributed by atoms with van der Waals surface area (Å²) in [6.07, 6.45) is 2.35. The molecule has 4 rings (SSSR count). The van der Waals surface area contributed by atoms with Crippen LogP contribution < -0.4 is 10.2 Å². The van der Waals surface area contributed by atoms with Crippen LogP contribution in [0.15, 0.2) is 83.8 Å². The van der Waals surface area contributed by atoms with Gasteiger partial charge in [-0.05, 0) is 56.5 Å². The number of nitrogens with zero attached hydrogens (tertiary/aromatic N) is 2. The zero-order valence-electron chi connectivity index (χ0n) is 21.2. The number of anilines is 2. The number of benzene rings is 3. The third-order valence-corrected chi connectivity index (χ3v) is 7.89. The highest BCUT2D eigenvalue weighted by Crippen LogP contribution is 2.33. The van der Waals surface area contributed by atoms with E-state index in [-0.39, 0.29) is 11.6 Å². The van der Waals surface area contributed by atoms with E-state index in [0.717, 1.165) is 49.4 Å². The van der Waals surface area contributed by atoms with Gasteiger partial charge >= 0.3 is 0 Å². The number of hydrogen-bond donors (Lipinski definition) is 1. The van der Waals surface area contributed by atoms with Crippen LogP contribution in [-0.4, -0.2) is 51.3 Å². The van der Waals surface area contributed by atoms with Gasteiger partial charge in [0.25, 0.3) is 0 Å². The predicted molar refractivity (Wildman–Crippen MR) is 146 cm³/mol. The fourth-order valence-electron chi connectivity index (χ4n) is 4.80. The third-order valence-electron chi connectivity index (χ3n) is 6.74. The average Bonchev–Trinajstić information content (AvgIpc) is 3.10. The largest absolute Gasteiger partial charge is 0.373 e. The Bertz CT molecular complexity index is 1180. The second kappa shape index (κ2) is 10.4. The molecule has 5 nitrogen and oxygen atoms in total. The first-order valence-corrected chi connectivity index (χ1v) is 14.2. The van der Waals surface area contributed by atoms with Crippen molar-refractivity contribution in [2.45, 2.75) is 43.7 Å². The van der Waals surface area contributed by atoms with Gasteiger partial charge in [0.05, 0.1) is 16.6 Å². The topological polar surface area (TPSA) is 52.7 Å². The third kappa shape index (κ3) is 6.24. The molecule has 0 atom stereocenters. The molecule has 3 aromatic rings. The lowest BCUT2D eigenvalue weighted by molar-refractivity contribution is 0.148. The van der Waals surface area contributed by atoms with Crippen molar-refractivity contribution in [3.05, 3.63) is 90.0 Å². The minimum Gasteiger partial charge on any atom is -0.373 e. The van der Waals surface area contributed by atoms with Crippen LogP contribution >= 0.6 is 0 Å². The van der Waals surface area contributed by atoms with Crippen LogP contribution in [-0.2, 0) is 9.84 Å². The molecular formula is C29H37N3O2S. The van der Waals surface area contributed by atoms with Gasteiger partial charge in [0, 0.05) is 43.7 Å². The van der Waals surface area contributed by atoms with E-state index < -0.39 is 9.84 Å². The molecule has 0 spiro atoms. The monoisotopic (exact) mass is 491 g/mol. The minimum absolute atomic E-state index is 0.140. The maximum Gasteiger partial charge on any atom is 0.177 e. The Morgan fingerprint density at radius 3 is 1.94 bits per heavy atom. The molecule has 0 radical (unpaired) electrons. The number of sulfone groups is 1. The number of rotatable bonds is 6. The van der Waals surface area contributed by atoms with Crippen molar-refractivity contribution in [3.63, 3.8) is 0 Å². The first-order chi connectivity index (χ1) is 16.6. The molecule has 1 heterocycles. The molecule has 0 aliphatic carbocycles. The zero-order valence-corrected chi connectivity index (χ0v) is 22.1. The van der Waals surface area contributed by atoms with Crippen molar-refractivity contribution < 1.29 is 8.42 Å². The van der Waals surface area contributed by atoms with Crippen LogP contribution in [0.25, 0.3) is 0 Å². The number of nitrogens with one attached hydrogen (secondary N) is 1. The maximum atomic E-state index is 12.7. The molecule has 6 heteroatoms. The Kier molecular flexibility index (Phi) is 7.53. The van der Waals surface area contributed by atoms with E-state index in [0.29, 0.717) is 10.6 Å². The van der Waals surface area contributed by atoms with E-state index in [4.69, 9.17) is 0 Å². The lowest BCUT2D eigenvalue weighted by Crippen LogP contribution is -2.43. The standard InChI is InChI=1S/C29H37N3O2S/c1-29(2,3)32-19-11-18-31(20-21-32)25-16-17-27(35(4,33)34)26(22-25)30-28(23-12-7-5-8-13-23)24-14-9-6-10-15-24/h5-10,12-17,22,28,30H,11,18-21H2,1-4H3. The van der Waals surface area contributed by atoms with Crippen molar-refractivity contribution >= 4 is 21.2 Å². The number of hydrogen-bond acceptors (Lipinski definition) is 5. The van der Waals surface area contributed by atoms with Gasteiger partial charge in [0.2, 0.25) is 0 Å². The van der Waals surface area contributed by atoms with Crippen LogP contribution in [0.4, 0.5) is 11.4 Å². The summed E-state index contributed by atoms with van der Waals surface area (Å²) >= 11 is 0. The molecule has 0 saturated carbocycles. The van der Waals surface area contributed by atoms with Gasteiger partial charge in [0.15, 0.2) is 9.84 Å². The van der Waals surface area contributed by atoms with E-state index in [9.17, 15) is 8.42 Å². The van der Waals surface area contributed by atoms with E-state index >= 15 is 0 Å². The van der Waals surface area contributed by atoms with Gasteiger partial charge in [-0.1, -0.05) is 60.7 Å². The summed E-state index contributed by atoms with van der Waals surface area (Å²) in [4.78, 5) is 5.23. The molecule has 0 aromatic heterocycles. The highest BCUT2D eigenvalue weighted by Gasteiger charge is 2.25. The molecule has 1 N–H and O–H groups in total. The Hall–Kier alpha value is -2.83. The Labute approximate surface area is 210 Å². The summed E-state index contributed by atoms with van der Waals surface area (Å²) in [5.74, 6) is 0. The average molecular weight is 492 g/mol. The van der Waals surface area contributed by atoms with Gasteiger partial charge in [-0.25, -0.2) is 8.42 Å². The van der Waals surface area contributed by atoms with E-state index in [1.165, 1.54) is 6.26 Å². The minimum atomic E-state index is -3.42. The lowest BCUT2D eigenvalue weighted by Gasteiger charge is -2.34. The summed E-state index contributed by atoms with van der Waals surface area (Å²) in [6.45, 7) is 10.7. The van der Waals surface area contributed by atoms with E-state index in [1.54, 1.807) is 6.07 Å². The van der Waals surface area contributed by atoms with Crippen LogP contribution in [0.3, 0.4) is 0 Å². The molecule has 3 aromatic carbocycles. The molecule has 186 valence electrons. The van der Waals surface area contributed by atoms with Crippen LogP contribution in [0.5, 0.6) is 0 Å². The molecule has 1 fully saturated rings. The molecule has 0 amide bonds. The van der Waals surface area contributed by atoms with Crippen LogP contribution in [0.1, 0.15) is 44.4 Å². The predicted octanol–water partition coefficient (Wildman–Crippen LogP) is 5.60. The van der Waals surface area contributed by atoms with Gasteiger partial charge < -0.3 is 10.2 Å². The van der Waals surface area contributed by atoms with E-state index in [2.05, 4.69) is 60.2 Å². The molecule has 1 aliphatic heterocycles. The Balaban J connectivity index is 1.71. The Morgan fingerprint density at radius 1 is 0.800 bits per heavy atom. The second-order valence-corrected chi connectivity index (χ2v) is 12.3. The highest BCUT2D eigenvalue weighted by molar-refractivity contribution is 7.90. The Morgan fingerprint density at radius 2 is 1.40 bits per heavy atom. The smallest absolute Gasteiger partial charge is 0.177 e. The first-order valence-electron chi connectivity index (χ1n) is 12.3. The van der Waals surface area contributed by atoms with Crippen molar-refractivity contribution in [3.8, 4) is 0 Å². The van der Waals surface area contributed by atoms with Crippen molar-refractivity contribution in [2.24, 2.45) is 0 Å². The summed E-state index contributed by atoms with van der Waals surface area (Å²) in [5.41, 5.74) is 4.00. The summed E-state index contributed by atoms with van der Waals surface area (Å²) in [5, 5.41) is 3.60. The highest BCUT2D eigenvalue weighted by atomic mass is 32.2. The lowest BCUT2D eigenvalue weighted by atomic mass is 9.98. The van der Waals surface area contributed by atoms with Crippen LogP contribution in [0.2, 0.25) is 0 Å². The fraction of sp³-hybridized carbons (Fsp3) is 0.379. The second-order valence-electron chi connectivity index (χ2n) is 10.3. The summed E-state index contributed by atoms with van der Waals surface area (Å²) in [7, 11) is -3.42. The maximum absolute atomic E-state index is 12.7. The fourth-order valence-corrected chi connectivity index (χ4v) is 5.64. The first kappa shape index (κ1) is 25.3. The van der Waals surface area contributed by atoms with Gasteiger partial charge in [-0.15, -0.1) is 0 Å². The SMILES string of the molecule is CC(C)(C)N1CCCN(c2ccc(S(C)(=O)=O)c(NC(c3ccccc3)c3ccccc3)c2)CC1. The van der Waals surface area contributed by atoms with Crippen molar-refractivity contribution in [1.29, 1.82) is 0 Å².